The summed E-state index contributed by atoms with van der Waals surface area (Å²) < 4.78 is 19.5. The second-order valence-electron chi connectivity index (χ2n) is 4.24. The number of methoxy groups -OCH3 is 4. The molecular formula is C11H16Cl2O7. The van der Waals surface area contributed by atoms with Crippen molar-refractivity contribution >= 4 is 35.1 Å². The van der Waals surface area contributed by atoms with Crippen LogP contribution in [0, 0.1) is 0 Å². The summed E-state index contributed by atoms with van der Waals surface area (Å²) in [7, 11) is 4.45. The van der Waals surface area contributed by atoms with Gasteiger partial charge in [-0.1, -0.05) is 11.6 Å². The Kier molecular flexibility index (Phi) is 4.93. The Morgan fingerprint density at radius 3 is 1.85 bits per heavy atom. The minimum Gasteiger partial charge on any atom is -0.468 e. The molecule has 0 bridgehead atoms. The van der Waals surface area contributed by atoms with Gasteiger partial charge >= 0.3 is 11.9 Å². The molecule has 7 nitrogen and oxygen atoms in total. The topological polar surface area (TPSA) is 91.3 Å². The number of halogens is 2. The third-order valence-corrected chi connectivity index (χ3v) is 4.71. The van der Waals surface area contributed by atoms with Crippen LogP contribution in [-0.2, 0) is 28.5 Å². The summed E-state index contributed by atoms with van der Waals surface area (Å²) in [6, 6.07) is 0. The van der Waals surface area contributed by atoms with E-state index in [0.29, 0.717) is 0 Å². The quantitative estimate of drug-likeness (QED) is 0.442. The van der Waals surface area contributed by atoms with Gasteiger partial charge in [-0.05, 0) is 0 Å². The fraction of sp³-hybridized carbons (Fsp3) is 0.818. The van der Waals surface area contributed by atoms with Crippen molar-refractivity contribution < 1.29 is 33.6 Å². The molecule has 20 heavy (non-hydrogen) atoms. The molecule has 1 saturated carbocycles. The summed E-state index contributed by atoms with van der Waals surface area (Å²) in [5.74, 6) is -4.15. The van der Waals surface area contributed by atoms with E-state index < -0.39 is 40.0 Å². The lowest BCUT2D eigenvalue weighted by Gasteiger charge is -2.43. The molecule has 0 aromatic heterocycles. The number of ether oxygens (including phenoxy) is 4. The highest BCUT2D eigenvalue weighted by molar-refractivity contribution is 6.41. The van der Waals surface area contributed by atoms with Crippen LogP contribution in [0.4, 0.5) is 0 Å². The molecule has 0 saturated heterocycles. The second kappa shape index (κ2) is 5.65. The van der Waals surface area contributed by atoms with Crippen LogP contribution < -0.4 is 0 Å². The average molecular weight is 331 g/mol. The van der Waals surface area contributed by atoms with Crippen molar-refractivity contribution in [1.29, 1.82) is 0 Å². The number of aliphatic hydroxyl groups excluding tert-OH is 1. The molecule has 3 atom stereocenters. The van der Waals surface area contributed by atoms with Gasteiger partial charge in [0.05, 0.1) is 20.3 Å². The van der Waals surface area contributed by atoms with E-state index in [9.17, 15) is 14.7 Å². The molecule has 1 aliphatic rings. The predicted octanol–water partition coefficient (Wildman–Crippen LogP) is 0.0413. The predicted molar refractivity (Wildman–Crippen MR) is 68.6 cm³/mol. The standard InChI is InChI=1S/C11H16Cl2O7/c1-17-7(15)9(12)5-6(14)10(13,8(16)18-2)11(9,19-3)20-4/h6,14H,5H2,1-4H3/t6-,9+,10-/m1/s1. The first-order valence-electron chi connectivity index (χ1n) is 5.54. The molecule has 0 spiro atoms. The van der Waals surface area contributed by atoms with E-state index in [1.54, 1.807) is 0 Å². The van der Waals surface area contributed by atoms with Gasteiger partial charge in [-0.25, -0.2) is 9.59 Å². The molecule has 1 rings (SSSR count). The SMILES string of the molecule is COC(=O)[C@@]1(Cl)C[C@@H](O)[C@@](Cl)(C(=O)OC)C1(OC)OC. The van der Waals surface area contributed by atoms with Gasteiger partial charge in [0.2, 0.25) is 10.7 Å². The summed E-state index contributed by atoms with van der Waals surface area (Å²) >= 11 is 12.5. The zero-order valence-electron chi connectivity index (χ0n) is 11.4. The number of esters is 2. The van der Waals surface area contributed by atoms with E-state index in [2.05, 4.69) is 9.47 Å². The number of alkyl halides is 2. The Hall–Kier alpha value is -0.600. The van der Waals surface area contributed by atoms with E-state index in [0.717, 1.165) is 28.4 Å². The third kappa shape index (κ3) is 1.84. The second-order valence-corrected chi connectivity index (χ2v) is 5.48. The molecule has 0 aromatic carbocycles. The molecule has 1 aliphatic carbocycles. The first kappa shape index (κ1) is 17.5. The number of rotatable bonds is 4. The summed E-state index contributed by atoms with van der Waals surface area (Å²) in [5, 5.41) is 10.1. The Morgan fingerprint density at radius 2 is 1.50 bits per heavy atom. The molecular weight excluding hydrogens is 315 g/mol. The Labute approximate surface area is 126 Å². The maximum Gasteiger partial charge on any atom is 0.335 e. The lowest BCUT2D eigenvalue weighted by molar-refractivity contribution is -0.244. The monoisotopic (exact) mass is 330 g/mol. The normalized spacial score (nSPS) is 35.6. The summed E-state index contributed by atoms with van der Waals surface area (Å²) in [6.45, 7) is 0. The van der Waals surface area contributed by atoms with Crippen molar-refractivity contribution in [2.24, 2.45) is 0 Å². The van der Waals surface area contributed by atoms with Crippen molar-refractivity contribution in [1.82, 2.24) is 0 Å². The van der Waals surface area contributed by atoms with Gasteiger partial charge in [0.1, 0.15) is 0 Å². The van der Waals surface area contributed by atoms with E-state index in [-0.39, 0.29) is 0 Å². The minimum atomic E-state index is -2.22. The van der Waals surface area contributed by atoms with Gasteiger partial charge in [0.15, 0.2) is 4.87 Å². The van der Waals surface area contributed by atoms with Gasteiger partial charge in [0.25, 0.3) is 0 Å². The van der Waals surface area contributed by atoms with Crippen LogP contribution in [0.3, 0.4) is 0 Å². The fourth-order valence-electron chi connectivity index (χ4n) is 2.55. The van der Waals surface area contributed by atoms with Crippen LogP contribution in [0.25, 0.3) is 0 Å². The molecule has 9 heteroatoms. The Bertz CT molecular complexity index is 412. The molecule has 1 fully saturated rings. The molecule has 116 valence electrons. The number of hydrogen-bond donors (Lipinski definition) is 1. The van der Waals surface area contributed by atoms with Crippen LogP contribution in [0.5, 0.6) is 0 Å². The molecule has 0 aliphatic heterocycles. The molecule has 0 aromatic rings. The average Bonchev–Trinajstić information content (AvgIpc) is 2.63. The van der Waals surface area contributed by atoms with Gasteiger partial charge in [-0.2, -0.15) is 0 Å². The molecule has 0 heterocycles. The number of aliphatic hydroxyl groups is 1. The highest BCUT2D eigenvalue weighted by Crippen LogP contribution is 2.57. The Balaban J connectivity index is 3.56. The van der Waals surface area contributed by atoms with Crippen LogP contribution in [0.2, 0.25) is 0 Å². The lowest BCUT2D eigenvalue weighted by atomic mass is 9.93. The zero-order valence-corrected chi connectivity index (χ0v) is 12.9. The Morgan fingerprint density at radius 1 is 1.05 bits per heavy atom. The first-order chi connectivity index (χ1) is 9.21. The maximum absolute atomic E-state index is 12.0. The van der Waals surface area contributed by atoms with Gasteiger partial charge in [-0.3, -0.25) is 0 Å². The lowest BCUT2D eigenvalue weighted by Crippen LogP contribution is -2.67. The highest BCUT2D eigenvalue weighted by atomic mass is 35.5. The van der Waals surface area contributed by atoms with Gasteiger partial charge < -0.3 is 24.1 Å². The third-order valence-electron chi connectivity index (χ3n) is 3.50. The summed E-state index contributed by atoms with van der Waals surface area (Å²) in [6.07, 6.45) is -1.96. The van der Waals surface area contributed by atoms with Gasteiger partial charge in [-0.15, -0.1) is 11.6 Å². The largest absolute Gasteiger partial charge is 0.468 e. The zero-order chi connectivity index (χ0) is 15.8. The maximum atomic E-state index is 12.0. The summed E-state index contributed by atoms with van der Waals surface area (Å²) in [5.41, 5.74) is 0. The summed E-state index contributed by atoms with van der Waals surface area (Å²) in [4.78, 5) is 19.7. The van der Waals surface area contributed by atoms with E-state index in [1.807, 2.05) is 0 Å². The van der Waals surface area contributed by atoms with Gasteiger partial charge in [0, 0.05) is 20.6 Å². The molecule has 0 amide bonds. The van der Waals surface area contributed by atoms with E-state index >= 15 is 0 Å². The first-order valence-corrected chi connectivity index (χ1v) is 6.30. The van der Waals surface area contributed by atoms with Crippen LogP contribution in [0.15, 0.2) is 0 Å². The molecule has 1 N–H and O–H groups in total. The number of carbonyl (C=O) groups is 2. The van der Waals surface area contributed by atoms with Crippen LogP contribution >= 0.6 is 23.2 Å². The van der Waals surface area contributed by atoms with E-state index in [4.69, 9.17) is 32.7 Å². The van der Waals surface area contributed by atoms with Crippen molar-refractivity contribution in [3.05, 3.63) is 0 Å². The smallest absolute Gasteiger partial charge is 0.335 e. The van der Waals surface area contributed by atoms with Crippen molar-refractivity contribution in [3.63, 3.8) is 0 Å². The number of carbonyl (C=O) groups excluding carboxylic acids is 2. The number of hydrogen-bond acceptors (Lipinski definition) is 7. The van der Waals surface area contributed by atoms with Crippen molar-refractivity contribution in [3.8, 4) is 0 Å². The van der Waals surface area contributed by atoms with E-state index in [1.165, 1.54) is 0 Å². The fourth-order valence-corrected chi connectivity index (χ4v) is 3.60. The van der Waals surface area contributed by atoms with Crippen LogP contribution in [-0.4, -0.2) is 67.1 Å². The minimum absolute atomic E-state index is 0.415. The van der Waals surface area contributed by atoms with Crippen molar-refractivity contribution in [2.75, 3.05) is 28.4 Å². The van der Waals surface area contributed by atoms with Crippen LogP contribution in [0.1, 0.15) is 6.42 Å². The highest BCUT2D eigenvalue weighted by Gasteiger charge is 2.80. The molecule has 0 radical (unpaired) electrons. The van der Waals surface area contributed by atoms with Crippen molar-refractivity contribution in [2.45, 2.75) is 28.1 Å². The molecule has 0 unspecified atom stereocenters.